The maximum atomic E-state index is 11.1. The van der Waals surface area contributed by atoms with Crippen LogP contribution in [-0.4, -0.2) is 24.6 Å². The van der Waals surface area contributed by atoms with Gasteiger partial charge in [0.15, 0.2) is 5.13 Å². The highest BCUT2D eigenvalue weighted by atomic mass is 32.1. The van der Waals surface area contributed by atoms with Crippen molar-refractivity contribution in [1.82, 2.24) is 4.98 Å². The van der Waals surface area contributed by atoms with Crippen LogP contribution in [0, 0.1) is 5.92 Å². The normalized spacial score (nSPS) is 10.8. The van der Waals surface area contributed by atoms with E-state index in [1.54, 1.807) is 11.3 Å². The minimum Gasteiger partial charge on any atom is -0.469 e. The highest BCUT2D eigenvalue weighted by molar-refractivity contribution is 7.13. The second kappa shape index (κ2) is 9.75. The number of nitrogens with one attached hydrogen (secondary N) is 1. The van der Waals surface area contributed by atoms with Gasteiger partial charge in [-0.05, 0) is 12.3 Å². The fourth-order valence-corrected chi connectivity index (χ4v) is 2.65. The van der Waals surface area contributed by atoms with Crippen LogP contribution in [0.15, 0.2) is 5.38 Å². The number of anilines is 1. The molecule has 0 aliphatic carbocycles. The highest BCUT2D eigenvalue weighted by Gasteiger charge is 2.07. The molecule has 4 nitrogen and oxygen atoms in total. The van der Waals surface area contributed by atoms with Crippen molar-refractivity contribution in [2.24, 2.45) is 5.92 Å². The summed E-state index contributed by atoms with van der Waals surface area (Å²) >= 11 is 1.54. The SMILES string of the molecule is COC(=O)Cc1csc(NCCCCCCC(C)C)n1. The molecule has 1 heterocycles. The molecule has 1 aromatic heterocycles. The molecular formula is C15H26N2O2S. The second-order valence-electron chi connectivity index (χ2n) is 5.42. The Kier molecular flexibility index (Phi) is 8.26. The first-order valence-electron chi connectivity index (χ1n) is 7.37. The van der Waals surface area contributed by atoms with Crippen molar-refractivity contribution in [2.45, 2.75) is 52.4 Å². The molecule has 0 aliphatic rings. The number of hydrogen-bond acceptors (Lipinski definition) is 5. The molecule has 0 amide bonds. The average Bonchev–Trinajstić information content (AvgIpc) is 2.84. The number of hydrogen-bond donors (Lipinski definition) is 1. The molecule has 1 aromatic rings. The lowest BCUT2D eigenvalue weighted by Gasteiger charge is -2.05. The summed E-state index contributed by atoms with van der Waals surface area (Å²) in [5, 5.41) is 6.11. The first kappa shape index (κ1) is 17.0. The lowest BCUT2D eigenvalue weighted by Crippen LogP contribution is -2.05. The number of unbranched alkanes of at least 4 members (excludes halogenated alkanes) is 3. The van der Waals surface area contributed by atoms with E-state index < -0.39 is 0 Å². The van der Waals surface area contributed by atoms with Crippen LogP contribution in [0.2, 0.25) is 0 Å². The Morgan fingerprint density at radius 2 is 2.10 bits per heavy atom. The number of aromatic nitrogens is 1. The van der Waals surface area contributed by atoms with E-state index in [1.807, 2.05) is 5.38 Å². The number of ether oxygens (including phenoxy) is 1. The van der Waals surface area contributed by atoms with E-state index in [9.17, 15) is 4.79 Å². The van der Waals surface area contributed by atoms with Crippen molar-refractivity contribution in [3.05, 3.63) is 11.1 Å². The average molecular weight is 298 g/mol. The summed E-state index contributed by atoms with van der Waals surface area (Å²) in [7, 11) is 1.40. The topological polar surface area (TPSA) is 51.2 Å². The molecule has 0 atom stereocenters. The van der Waals surface area contributed by atoms with Crippen LogP contribution in [0.5, 0.6) is 0 Å². The predicted molar refractivity (Wildman–Crippen MR) is 84.2 cm³/mol. The number of esters is 1. The molecule has 1 rings (SSSR count). The molecule has 5 heteroatoms. The van der Waals surface area contributed by atoms with E-state index >= 15 is 0 Å². The van der Waals surface area contributed by atoms with Crippen LogP contribution in [0.4, 0.5) is 5.13 Å². The quantitative estimate of drug-likeness (QED) is 0.526. The molecule has 0 bridgehead atoms. The van der Waals surface area contributed by atoms with Crippen LogP contribution < -0.4 is 5.32 Å². The maximum absolute atomic E-state index is 11.1. The highest BCUT2D eigenvalue weighted by Crippen LogP contribution is 2.16. The molecule has 114 valence electrons. The number of carbonyl (C=O) groups excluding carboxylic acids is 1. The van der Waals surface area contributed by atoms with Gasteiger partial charge in [0.1, 0.15) is 0 Å². The monoisotopic (exact) mass is 298 g/mol. The number of carbonyl (C=O) groups is 1. The molecular weight excluding hydrogens is 272 g/mol. The van der Waals surface area contributed by atoms with Gasteiger partial charge in [0.05, 0.1) is 19.2 Å². The summed E-state index contributed by atoms with van der Waals surface area (Å²) in [4.78, 5) is 15.5. The molecule has 0 fully saturated rings. The third-order valence-electron chi connectivity index (χ3n) is 3.09. The molecule has 0 aliphatic heterocycles. The van der Waals surface area contributed by atoms with E-state index in [0.29, 0.717) is 0 Å². The van der Waals surface area contributed by atoms with Crippen LogP contribution in [0.25, 0.3) is 0 Å². The zero-order valence-corrected chi connectivity index (χ0v) is 13.6. The zero-order chi connectivity index (χ0) is 14.8. The molecule has 1 N–H and O–H groups in total. The van der Waals surface area contributed by atoms with Crippen LogP contribution in [0.3, 0.4) is 0 Å². The third kappa shape index (κ3) is 7.48. The van der Waals surface area contributed by atoms with E-state index in [2.05, 4.69) is 28.9 Å². The van der Waals surface area contributed by atoms with Gasteiger partial charge in [-0.15, -0.1) is 11.3 Å². The van der Waals surface area contributed by atoms with Gasteiger partial charge in [0, 0.05) is 11.9 Å². The van der Waals surface area contributed by atoms with Crippen molar-refractivity contribution in [2.75, 3.05) is 19.0 Å². The van der Waals surface area contributed by atoms with Crippen molar-refractivity contribution in [3.8, 4) is 0 Å². The molecule has 0 aromatic carbocycles. The van der Waals surface area contributed by atoms with Gasteiger partial charge in [-0.1, -0.05) is 39.5 Å². The summed E-state index contributed by atoms with van der Waals surface area (Å²) in [6.45, 7) is 5.50. The fourth-order valence-electron chi connectivity index (χ4n) is 1.92. The number of nitrogens with zero attached hydrogens (tertiary/aromatic N) is 1. The van der Waals surface area contributed by atoms with E-state index in [4.69, 9.17) is 0 Å². The van der Waals surface area contributed by atoms with Crippen molar-refractivity contribution in [1.29, 1.82) is 0 Å². The lowest BCUT2D eigenvalue weighted by molar-refractivity contribution is -0.139. The number of thiazole rings is 1. The van der Waals surface area contributed by atoms with E-state index in [-0.39, 0.29) is 12.4 Å². The van der Waals surface area contributed by atoms with Crippen LogP contribution in [-0.2, 0) is 16.0 Å². The van der Waals surface area contributed by atoms with Gasteiger partial charge in [-0.2, -0.15) is 0 Å². The molecule has 0 saturated carbocycles. The minimum atomic E-state index is -0.244. The largest absolute Gasteiger partial charge is 0.469 e. The van der Waals surface area contributed by atoms with Crippen molar-refractivity contribution in [3.63, 3.8) is 0 Å². The van der Waals surface area contributed by atoms with Crippen LogP contribution >= 0.6 is 11.3 Å². The van der Waals surface area contributed by atoms with E-state index in [1.165, 1.54) is 39.2 Å². The molecule has 20 heavy (non-hydrogen) atoms. The molecule has 0 unspecified atom stereocenters. The third-order valence-corrected chi connectivity index (χ3v) is 3.94. The molecule has 0 saturated heterocycles. The fraction of sp³-hybridized carbons (Fsp3) is 0.733. The van der Waals surface area contributed by atoms with Gasteiger partial charge >= 0.3 is 5.97 Å². The Bertz CT molecular complexity index is 391. The molecule has 0 radical (unpaired) electrons. The summed E-state index contributed by atoms with van der Waals surface area (Å²) in [5.41, 5.74) is 0.779. The lowest BCUT2D eigenvalue weighted by atomic mass is 10.0. The van der Waals surface area contributed by atoms with Gasteiger partial charge in [-0.25, -0.2) is 4.98 Å². The Morgan fingerprint density at radius 1 is 1.35 bits per heavy atom. The van der Waals surface area contributed by atoms with Gasteiger partial charge in [0.25, 0.3) is 0 Å². The Balaban J connectivity index is 2.09. The summed E-state index contributed by atoms with van der Waals surface area (Å²) in [5.74, 6) is 0.573. The van der Waals surface area contributed by atoms with Gasteiger partial charge in [0.2, 0.25) is 0 Å². The Morgan fingerprint density at radius 3 is 2.80 bits per heavy atom. The van der Waals surface area contributed by atoms with E-state index in [0.717, 1.165) is 23.3 Å². The van der Waals surface area contributed by atoms with Gasteiger partial charge < -0.3 is 10.1 Å². The summed E-state index contributed by atoms with van der Waals surface area (Å²) in [6.07, 6.45) is 6.66. The maximum Gasteiger partial charge on any atom is 0.311 e. The van der Waals surface area contributed by atoms with Crippen LogP contribution in [0.1, 0.15) is 51.6 Å². The summed E-state index contributed by atoms with van der Waals surface area (Å²) in [6, 6.07) is 0. The minimum absolute atomic E-state index is 0.244. The standard InChI is InChI=1S/C15H26N2O2S/c1-12(2)8-6-4-5-7-9-16-15-17-13(11-20-15)10-14(18)19-3/h11-12H,4-10H2,1-3H3,(H,16,17). The second-order valence-corrected chi connectivity index (χ2v) is 6.28. The van der Waals surface area contributed by atoms with Crippen molar-refractivity contribution >= 4 is 22.4 Å². The number of methoxy groups -OCH3 is 1. The Hall–Kier alpha value is -1.10. The predicted octanol–water partition coefficient (Wildman–Crippen LogP) is 3.88. The first-order chi connectivity index (χ1) is 9.61. The smallest absolute Gasteiger partial charge is 0.311 e. The summed E-state index contributed by atoms with van der Waals surface area (Å²) < 4.78 is 4.62. The first-order valence-corrected chi connectivity index (χ1v) is 8.25. The van der Waals surface area contributed by atoms with Gasteiger partial charge in [-0.3, -0.25) is 4.79 Å². The molecule has 0 spiro atoms. The zero-order valence-electron chi connectivity index (χ0n) is 12.8. The Labute approximate surface area is 125 Å². The number of rotatable bonds is 10. The van der Waals surface area contributed by atoms with Crippen molar-refractivity contribution < 1.29 is 9.53 Å².